The monoisotopic (exact) mass is 1080 g/mol. The number of amides is 1. The van der Waals surface area contributed by atoms with E-state index < -0.39 is 134 Å². The van der Waals surface area contributed by atoms with E-state index in [0.717, 1.165) is 29.7 Å². The van der Waals surface area contributed by atoms with E-state index >= 15 is 14.0 Å². The summed E-state index contributed by atoms with van der Waals surface area (Å²) in [7, 11) is 1.38. The number of hydrogen-bond acceptors (Lipinski definition) is 17. The molecule has 10 atom stereocenters. The van der Waals surface area contributed by atoms with Crippen LogP contribution in [0, 0.1) is 42.8 Å². The van der Waals surface area contributed by atoms with Gasteiger partial charge in [-0.2, -0.15) is 0 Å². The fourth-order valence-corrected chi connectivity index (χ4v) is 12.2. The van der Waals surface area contributed by atoms with E-state index in [1.807, 2.05) is 4.90 Å². The summed E-state index contributed by atoms with van der Waals surface area (Å²) in [5.41, 5.74) is 4.30. The zero-order valence-electron chi connectivity index (χ0n) is 45.0. The van der Waals surface area contributed by atoms with Gasteiger partial charge >= 0.3 is 17.7 Å². The number of nitrogens with two attached hydrogens (primary N) is 1. The Morgan fingerprint density at radius 1 is 0.910 bits per heavy atom. The van der Waals surface area contributed by atoms with Gasteiger partial charge < -0.3 is 60.2 Å². The number of hydrogen-bond donors (Lipinski definition) is 6. The standard InChI is InChI=1S/C57H66FN5O15/c1-25-11-10-12-26(2)53(71)60-41-44(62-19-17-57(24-62)16-18-61(23-57)43-28(4)42-33(32-13-14-32)21-34(55(73)74)54(72)63(42)22-35(43)58)49(69)37-38(48(41)68)46(66)29(5)51-39(37)52(70)56(8,78-51)76-20-15-36(75-9)27(3)50(77-31(7)64)30(6)47(67)40(59)45(25)65/h10-12,15,20-22,25,27,30,32,36,40,45,47,50,65-67H,13-14,16-19,23-24,59H2,1-9H3,(H,60,71)(H,73,74)/b11-10+,20-15+,26-12-/t25-,27+,30+,36-,40+,45-,47-,50+,56-,57?/m0/s1. The van der Waals surface area contributed by atoms with Crippen LogP contribution in [0.15, 0.2) is 64.6 Å². The number of aromatic nitrogens is 1. The maximum absolute atomic E-state index is 16.5. The first-order valence-electron chi connectivity index (χ1n) is 26.2. The van der Waals surface area contributed by atoms with Gasteiger partial charge in [-0.25, -0.2) is 9.18 Å². The van der Waals surface area contributed by atoms with Gasteiger partial charge in [0.2, 0.25) is 11.6 Å². The van der Waals surface area contributed by atoms with Gasteiger partial charge in [-0.05, 0) is 75.6 Å². The molecule has 3 aromatic rings. The molecular formula is C57H66FN5O15. The lowest BCUT2D eigenvalue weighted by Crippen LogP contribution is -2.53. The maximum atomic E-state index is 16.5. The summed E-state index contributed by atoms with van der Waals surface area (Å²) in [6.07, 6.45) is 5.84. The minimum absolute atomic E-state index is 0.00757. The number of ketones is 3. The molecule has 1 spiro atoms. The molecule has 1 amide bonds. The third-order valence-corrected chi connectivity index (χ3v) is 16.8. The molecule has 0 radical (unpaired) electrons. The van der Waals surface area contributed by atoms with Gasteiger partial charge in [-0.15, -0.1) is 0 Å². The molecule has 1 saturated carbocycles. The van der Waals surface area contributed by atoms with Crippen LogP contribution in [-0.2, 0) is 23.8 Å². The van der Waals surface area contributed by atoms with E-state index in [1.54, 1.807) is 38.7 Å². The third-order valence-electron chi connectivity index (χ3n) is 16.8. The number of halogens is 1. The number of nitrogens with one attached hydrogen (secondary N) is 1. The summed E-state index contributed by atoms with van der Waals surface area (Å²) in [5, 5.41) is 47.3. The first-order valence-corrected chi connectivity index (χ1v) is 26.2. The number of aromatic hydroxyl groups is 1. The van der Waals surface area contributed by atoms with Gasteiger partial charge in [0.1, 0.15) is 34.6 Å². The summed E-state index contributed by atoms with van der Waals surface area (Å²) >= 11 is 0. The van der Waals surface area contributed by atoms with Gasteiger partial charge in [0, 0.05) is 81.4 Å². The normalized spacial score (nSPS) is 31.3. The number of esters is 1. The van der Waals surface area contributed by atoms with E-state index in [1.165, 1.54) is 59.1 Å². The zero-order valence-corrected chi connectivity index (χ0v) is 45.0. The topological polar surface area (TPSA) is 286 Å². The molecule has 1 unspecified atom stereocenters. The van der Waals surface area contributed by atoms with Crippen LogP contribution in [0.5, 0.6) is 11.5 Å². The third kappa shape index (κ3) is 9.36. The molecule has 5 bridgehead atoms. The number of Topliss-reactive ketones (excluding diaryl/α,β-unsaturated/α-hetero) is 3. The number of benzene rings is 1. The Morgan fingerprint density at radius 2 is 1.58 bits per heavy atom. The number of likely N-dealkylation sites (tertiary alicyclic amines) is 1. The molecular weight excluding hydrogens is 1010 g/mol. The minimum atomic E-state index is -2.19. The van der Waals surface area contributed by atoms with E-state index in [-0.39, 0.29) is 59.4 Å². The average Bonchev–Trinajstić information content (AvgIpc) is 3.93. The number of carboxylic acids is 1. The van der Waals surface area contributed by atoms with Crippen LogP contribution in [0.3, 0.4) is 0 Å². The quantitative estimate of drug-likeness (QED) is 0.179. The number of allylic oxidation sites excluding steroid dienone is 4. The number of pyridine rings is 2. The molecule has 7 aliphatic rings. The highest BCUT2D eigenvalue weighted by Crippen LogP contribution is 2.51. The lowest BCUT2D eigenvalue weighted by atomic mass is 9.81. The van der Waals surface area contributed by atoms with Crippen molar-refractivity contribution in [2.24, 2.45) is 28.9 Å². The average molecular weight is 1080 g/mol. The summed E-state index contributed by atoms with van der Waals surface area (Å²) in [4.78, 5) is 101. The molecule has 1 aromatic carbocycles. The number of aliphatic hydroxyl groups is 2. The summed E-state index contributed by atoms with van der Waals surface area (Å²) < 4.78 is 41.3. The number of nitrogens with zero attached hydrogens (tertiary/aromatic N) is 3. The Balaban J connectivity index is 1.11. The fourth-order valence-electron chi connectivity index (χ4n) is 12.2. The van der Waals surface area contributed by atoms with Crippen molar-refractivity contribution in [3.05, 3.63) is 115 Å². The van der Waals surface area contributed by atoms with E-state index in [0.29, 0.717) is 36.0 Å². The number of anilines is 1. The number of aromatic carboxylic acids is 1. The van der Waals surface area contributed by atoms with Gasteiger partial charge in [-0.3, -0.25) is 33.2 Å². The van der Waals surface area contributed by atoms with Crippen molar-refractivity contribution in [3.63, 3.8) is 0 Å². The summed E-state index contributed by atoms with van der Waals surface area (Å²) in [5.74, 6) is -11.7. The number of phenolic OH excluding ortho intramolecular Hbond substituents is 1. The lowest BCUT2D eigenvalue weighted by molar-refractivity contribution is -0.159. The Bertz CT molecular complexity index is 3290. The number of carboxylic acid groups (broad SMARTS) is 1. The number of phenols is 1. The van der Waals surface area contributed by atoms with Crippen LogP contribution in [0.2, 0.25) is 0 Å². The number of rotatable bonds is 6. The fraction of sp³-hybridized carbons (Fsp3) is 0.491. The van der Waals surface area contributed by atoms with E-state index in [9.17, 15) is 44.4 Å². The predicted octanol–water partition coefficient (Wildman–Crippen LogP) is 4.89. The van der Waals surface area contributed by atoms with Crippen LogP contribution in [-0.4, -0.2) is 134 Å². The number of ether oxygens (including phenoxy) is 4. The number of carbonyl (C=O) groups is 6. The number of carbonyl (C=O) groups excluding carboxylic acids is 5. The predicted molar refractivity (Wildman–Crippen MR) is 280 cm³/mol. The molecule has 7 heterocycles. The highest BCUT2D eigenvalue weighted by Gasteiger charge is 2.55. The van der Waals surface area contributed by atoms with Gasteiger partial charge in [0.25, 0.3) is 17.2 Å². The zero-order chi connectivity index (χ0) is 56.8. The number of aliphatic hydroxyl groups excluding tert-OH is 2. The molecule has 2 saturated heterocycles. The van der Waals surface area contributed by atoms with Gasteiger partial charge in [0.05, 0.1) is 64.7 Å². The molecule has 7 N–H and O–H groups in total. The smallest absolute Gasteiger partial charge is 0.341 e. The minimum Gasteiger partial charge on any atom is -0.507 e. The molecule has 2 aliphatic carbocycles. The highest BCUT2D eigenvalue weighted by atomic mass is 19.1. The first-order chi connectivity index (χ1) is 36.8. The van der Waals surface area contributed by atoms with Crippen molar-refractivity contribution < 1.29 is 72.5 Å². The van der Waals surface area contributed by atoms with Crippen LogP contribution in [0.25, 0.3) is 5.52 Å². The number of methoxy groups -OCH3 is 1. The van der Waals surface area contributed by atoms with E-state index in [2.05, 4.69) is 5.32 Å². The van der Waals surface area contributed by atoms with Crippen molar-refractivity contribution in [3.8, 4) is 11.5 Å². The van der Waals surface area contributed by atoms with Gasteiger partial charge in [0.15, 0.2) is 5.82 Å². The molecule has 10 rings (SSSR count). The maximum Gasteiger partial charge on any atom is 0.341 e. The summed E-state index contributed by atoms with van der Waals surface area (Å²) in [6.45, 7) is 12.9. The lowest BCUT2D eigenvalue weighted by Gasteiger charge is -2.37. The Morgan fingerprint density at radius 3 is 2.22 bits per heavy atom. The van der Waals surface area contributed by atoms with Gasteiger partial charge in [-0.1, -0.05) is 39.0 Å². The van der Waals surface area contributed by atoms with E-state index in [4.69, 9.17) is 24.7 Å². The van der Waals surface area contributed by atoms with Crippen molar-refractivity contribution in [1.82, 2.24) is 14.6 Å². The summed E-state index contributed by atoms with van der Waals surface area (Å²) in [6, 6.07) is 0.136. The second-order valence-corrected chi connectivity index (χ2v) is 22.1. The number of aryl methyl sites for hydroxylation is 1. The second-order valence-electron chi connectivity index (χ2n) is 22.1. The molecule has 21 heteroatoms. The second kappa shape index (κ2) is 20.5. The molecule has 2 aromatic heterocycles. The molecule has 416 valence electrons. The van der Waals surface area contributed by atoms with Crippen molar-refractivity contribution in [1.29, 1.82) is 0 Å². The molecule has 20 nitrogen and oxygen atoms in total. The van der Waals surface area contributed by atoms with Crippen LogP contribution in [0.4, 0.5) is 10.1 Å². The van der Waals surface area contributed by atoms with Crippen LogP contribution in [0.1, 0.15) is 131 Å². The SMILES string of the molecule is CO[C@H]1/C=C/O[C@@]2(C)Oc3c(C)c(O)c4c(c3C2=O)C(=O)C(N2CCC3(CCN(c5c(F)cn6c(=O)c(C(=O)O)cc(C7CC7)c6c5C)C3)C2)=C(NC(=O)/C(C)=C\C=C\[C@H](C)[C@H](O)[C@@H](N)[C@@H](O)[C@@H](C)[C@H](OC(C)=O)[C@@H]1C)C4=O. The molecule has 5 aliphatic heterocycles. The van der Waals surface area contributed by atoms with Crippen molar-refractivity contribution in [2.45, 2.75) is 123 Å². The van der Waals surface area contributed by atoms with Crippen molar-refractivity contribution in [2.75, 3.05) is 38.2 Å². The first kappa shape index (κ1) is 55.6. The van der Waals surface area contributed by atoms with Crippen LogP contribution < -0.4 is 26.2 Å². The Labute approximate surface area is 448 Å². The Kier molecular flexibility index (Phi) is 14.6. The Hall–Kier alpha value is -7.20. The molecule has 3 fully saturated rings. The molecule has 78 heavy (non-hydrogen) atoms. The largest absolute Gasteiger partial charge is 0.507 e. The van der Waals surface area contributed by atoms with Crippen molar-refractivity contribution >= 4 is 46.4 Å². The number of fused-ring (bicyclic) bond motifs is 15. The highest BCUT2D eigenvalue weighted by molar-refractivity contribution is 6.32. The van der Waals surface area contributed by atoms with Crippen LogP contribution >= 0.6 is 0 Å².